The second-order valence-corrected chi connectivity index (χ2v) is 8.10. The van der Waals surface area contributed by atoms with Crippen LogP contribution in [0.2, 0.25) is 0 Å². The topological polar surface area (TPSA) is 82.5 Å². The van der Waals surface area contributed by atoms with Crippen molar-refractivity contribution in [3.63, 3.8) is 0 Å². The van der Waals surface area contributed by atoms with Crippen molar-refractivity contribution in [1.29, 1.82) is 0 Å². The highest BCUT2D eigenvalue weighted by Gasteiger charge is 2.20. The molecule has 0 atom stereocenters. The number of pyridine rings is 1. The van der Waals surface area contributed by atoms with Gasteiger partial charge in [0.1, 0.15) is 16.7 Å². The van der Waals surface area contributed by atoms with Gasteiger partial charge in [-0.15, -0.1) is 0 Å². The van der Waals surface area contributed by atoms with Crippen LogP contribution in [-0.2, 0) is 6.54 Å². The Morgan fingerprint density at radius 1 is 1.18 bits per heavy atom. The van der Waals surface area contributed by atoms with Crippen molar-refractivity contribution in [1.82, 2.24) is 24.6 Å². The van der Waals surface area contributed by atoms with E-state index in [-0.39, 0.29) is 23.3 Å². The summed E-state index contributed by atoms with van der Waals surface area (Å²) in [5.41, 5.74) is 1.02. The molecule has 2 N–H and O–H groups in total. The third-order valence-corrected chi connectivity index (χ3v) is 6.09. The molecule has 0 unspecified atom stereocenters. The van der Waals surface area contributed by atoms with Crippen molar-refractivity contribution >= 4 is 28.0 Å². The lowest BCUT2D eigenvalue weighted by molar-refractivity contribution is 0.0957. The summed E-state index contributed by atoms with van der Waals surface area (Å²) in [6, 6.07) is 7.45. The van der Waals surface area contributed by atoms with Gasteiger partial charge in [-0.2, -0.15) is 4.39 Å². The highest BCUT2D eigenvalue weighted by atomic mass is 19.1. The van der Waals surface area contributed by atoms with Gasteiger partial charge in [0.25, 0.3) is 11.5 Å². The van der Waals surface area contributed by atoms with Crippen LogP contribution in [0.5, 0.6) is 0 Å². The van der Waals surface area contributed by atoms with Crippen LogP contribution in [0, 0.1) is 17.6 Å². The number of amides is 1. The number of carbonyl (C=O) groups is 1. The average molecular weight is 467 g/mol. The molecule has 0 saturated carbocycles. The van der Waals surface area contributed by atoms with Crippen LogP contribution >= 0.6 is 0 Å². The number of benzene rings is 1. The van der Waals surface area contributed by atoms with E-state index in [1.807, 2.05) is 11.0 Å². The Morgan fingerprint density at radius 2 is 2.00 bits per heavy atom. The quantitative estimate of drug-likeness (QED) is 0.452. The third kappa shape index (κ3) is 3.65. The number of nitrogens with zero attached hydrogens (tertiary/aromatic N) is 3. The molecule has 34 heavy (non-hydrogen) atoms. The standard InChI is InChI=1S/C24H20F3N5O2/c1-28-23(33)17-4-3-15(22(27)29-17)13-6-9-31(10-7-13)12-14-2-5-18-20(19(14)26)30-24(34)21-16(25)8-11-32(18)21/h2-6,8,11H,7,9-10,12H2,1H3,(H,28,33)(H,30,34). The van der Waals surface area contributed by atoms with Crippen LogP contribution in [0.3, 0.4) is 0 Å². The normalized spacial score (nSPS) is 14.5. The number of hydrogen-bond acceptors (Lipinski definition) is 4. The van der Waals surface area contributed by atoms with Crippen molar-refractivity contribution in [3.05, 3.63) is 87.4 Å². The Morgan fingerprint density at radius 3 is 2.71 bits per heavy atom. The summed E-state index contributed by atoms with van der Waals surface area (Å²) in [7, 11) is 1.45. The summed E-state index contributed by atoms with van der Waals surface area (Å²) in [4.78, 5) is 32.1. The fraction of sp³-hybridized carbons (Fsp3) is 0.208. The Labute approximate surface area is 191 Å². The number of aromatic nitrogens is 3. The average Bonchev–Trinajstić information content (AvgIpc) is 3.23. The van der Waals surface area contributed by atoms with E-state index in [0.29, 0.717) is 36.2 Å². The number of hydrogen-bond donors (Lipinski definition) is 2. The smallest absolute Gasteiger partial charge is 0.275 e. The molecule has 1 aromatic carbocycles. The fourth-order valence-corrected chi connectivity index (χ4v) is 4.32. The highest BCUT2D eigenvalue weighted by molar-refractivity contribution is 5.92. The van der Waals surface area contributed by atoms with Crippen molar-refractivity contribution < 1.29 is 18.0 Å². The van der Waals surface area contributed by atoms with E-state index < -0.39 is 29.0 Å². The summed E-state index contributed by atoms with van der Waals surface area (Å²) < 4.78 is 44.9. The minimum absolute atomic E-state index is 0.00605. The van der Waals surface area contributed by atoms with Gasteiger partial charge in [-0.05, 0) is 36.3 Å². The molecule has 1 aliphatic rings. The van der Waals surface area contributed by atoms with Crippen LogP contribution in [0.15, 0.2) is 47.4 Å². The van der Waals surface area contributed by atoms with Crippen molar-refractivity contribution in [2.75, 3.05) is 20.1 Å². The van der Waals surface area contributed by atoms with Gasteiger partial charge in [-0.3, -0.25) is 14.5 Å². The predicted octanol–water partition coefficient (Wildman–Crippen LogP) is 3.24. The summed E-state index contributed by atoms with van der Waals surface area (Å²) >= 11 is 0. The first-order chi connectivity index (χ1) is 16.4. The second kappa shape index (κ2) is 8.45. The molecular weight excluding hydrogens is 447 g/mol. The Bertz CT molecular complexity index is 1540. The second-order valence-electron chi connectivity index (χ2n) is 8.10. The molecule has 0 radical (unpaired) electrons. The SMILES string of the molecule is CNC(=O)c1ccc(C2=CCN(Cc3ccc4c([nH]c(=O)c5c(F)ccn54)c3F)CC2)c(F)n1. The lowest BCUT2D eigenvalue weighted by Crippen LogP contribution is -2.28. The van der Waals surface area contributed by atoms with Crippen LogP contribution in [-0.4, -0.2) is 45.3 Å². The zero-order valence-corrected chi connectivity index (χ0v) is 18.2. The maximum absolute atomic E-state index is 15.3. The molecule has 0 aliphatic carbocycles. The first-order valence-corrected chi connectivity index (χ1v) is 10.7. The minimum Gasteiger partial charge on any atom is -0.354 e. The zero-order chi connectivity index (χ0) is 24.0. The lowest BCUT2D eigenvalue weighted by atomic mass is 10.00. The minimum atomic E-state index is -0.710. The van der Waals surface area contributed by atoms with Crippen LogP contribution in [0.1, 0.15) is 28.0 Å². The largest absolute Gasteiger partial charge is 0.354 e. The molecule has 3 aromatic heterocycles. The van der Waals surface area contributed by atoms with Gasteiger partial charge in [-0.25, -0.2) is 13.8 Å². The number of halogens is 3. The number of fused-ring (bicyclic) bond motifs is 3. The van der Waals surface area contributed by atoms with Gasteiger partial charge in [0.05, 0.1) is 5.52 Å². The Kier molecular flexibility index (Phi) is 5.45. The predicted molar refractivity (Wildman–Crippen MR) is 121 cm³/mol. The molecule has 7 nitrogen and oxygen atoms in total. The van der Waals surface area contributed by atoms with Crippen molar-refractivity contribution in [3.8, 4) is 0 Å². The number of aromatic amines is 1. The van der Waals surface area contributed by atoms with Gasteiger partial charge in [0.15, 0.2) is 11.6 Å². The van der Waals surface area contributed by atoms with E-state index >= 15 is 4.39 Å². The summed E-state index contributed by atoms with van der Waals surface area (Å²) in [5, 5.41) is 2.41. The fourth-order valence-electron chi connectivity index (χ4n) is 4.32. The van der Waals surface area contributed by atoms with Gasteiger partial charge in [0, 0.05) is 44.0 Å². The Balaban J connectivity index is 1.38. The molecule has 0 fully saturated rings. The molecule has 4 heterocycles. The number of H-pyrrole nitrogens is 1. The highest BCUT2D eigenvalue weighted by Crippen LogP contribution is 2.27. The maximum Gasteiger partial charge on any atom is 0.275 e. The zero-order valence-electron chi connectivity index (χ0n) is 18.2. The molecule has 0 spiro atoms. The Hall–Kier alpha value is -3.92. The monoisotopic (exact) mass is 467 g/mol. The van der Waals surface area contributed by atoms with E-state index in [4.69, 9.17) is 0 Å². The summed E-state index contributed by atoms with van der Waals surface area (Å²) in [5.74, 6) is -2.41. The van der Waals surface area contributed by atoms with Crippen LogP contribution in [0.4, 0.5) is 13.2 Å². The first-order valence-electron chi connectivity index (χ1n) is 10.7. The maximum atomic E-state index is 15.3. The van der Waals surface area contributed by atoms with Gasteiger partial charge in [-0.1, -0.05) is 12.1 Å². The molecule has 5 rings (SSSR count). The summed E-state index contributed by atoms with van der Waals surface area (Å²) in [6.07, 6.45) is 3.77. The molecule has 0 bridgehead atoms. The van der Waals surface area contributed by atoms with E-state index in [2.05, 4.69) is 15.3 Å². The molecular formula is C24H20F3N5O2. The molecule has 1 amide bonds. The number of nitrogens with one attached hydrogen (secondary N) is 2. The van der Waals surface area contributed by atoms with Gasteiger partial charge >= 0.3 is 0 Å². The molecule has 0 saturated heterocycles. The van der Waals surface area contributed by atoms with E-state index in [9.17, 15) is 18.4 Å². The molecule has 4 aromatic rings. The molecule has 1 aliphatic heterocycles. The molecule has 174 valence electrons. The van der Waals surface area contributed by atoms with Crippen LogP contribution in [0.25, 0.3) is 22.1 Å². The molecule has 10 heteroatoms. The third-order valence-electron chi connectivity index (χ3n) is 6.09. The number of carbonyl (C=O) groups excluding carboxylic acids is 1. The number of rotatable bonds is 4. The summed E-state index contributed by atoms with van der Waals surface area (Å²) in [6.45, 7) is 1.29. The van der Waals surface area contributed by atoms with E-state index in [1.165, 1.54) is 23.7 Å². The van der Waals surface area contributed by atoms with Crippen molar-refractivity contribution in [2.24, 2.45) is 0 Å². The van der Waals surface area contributed by atoms with Crippen molar-refractivity contribution in [2.45, 2.75) is 13.0 Å². The van der Waals surface area contributed by atoms with Crippen LogP contribution < -0.4 is 10.9 Å². The lowest BCUT2D eigenvalue weighted by Gasteiger charge is -2.27. The van der Waals surface area contributed by atoms with Gasteiger partial charge < -0.3 is 14.7 Å². The van der Waals surface area contributed by atoms with E-state index in [1.54, 1.807) is 18.2 Å². The van der Waals surface area contributed by atoms with Gasteiger partial charge in [0.2, 0.25) is 5.95 Å². The first kappa shape index (κ1) is 21.9. The van der Waals surface area contributed by atoms with E-state index in [0.717, 1.165) is 11.6 Å².